The minimum Gasteiger partial charge on any atom is -0.383 e. The SMILES string of the molecule is CC(C)CN(C(=O)Cc1ccc(Cl)cc1Cl)c1c(N)n(Cc2ccccc2)c(=O)[nH]c1=O. The average molecular weight is 475 g/mol. The predicted molar refractivity (Wildman–Crippen MR) is 129 cm³/mol. The Morgan fingerprint density at radius 2 is 1.81 bits per heavy atom. The Morgan fingerprint density at radius 1 is 1.12 bits per heavy atom. The molecule has 3 rings (SSSR count). The van der Waals surface area contributed by atoms with E-state index in [0.29, 0.717) is 15.6 Å². The van der Waals surface area contributed by atoms with Crippen molar-refractivity contribution in [3.8, 4) is 0 Å². The lowest BCUT2D eigenvalue weighted by Gasteiger charge is -2.26. The summed E-state index contributed by atoms with van der Waals surface area (Å²) >= 11 is 12.2. The van der Waals surface area contributed by atoms with Crippen molar-refractivity contribution in [3.05, 3.63) is 90.5 Å². The van der Waals surface area contributed by atoms with Gasteiger partial charge in [0, 0.05) is 16.6 Å². The normalized spacial score (nSPS) is 11.0. The van der Waals surface area contributed by atoms with Gasteiger partial charge in [-0.1, -0.05) is 73.4 Å². The average Bonchev–Trinajstić information content (AvgIpc) is 2.72. The third-order valence-electron chi connectivity index (χ3n) is 4.87. The van der Waals surface area contributed by atoms with Crippen LogP contribution >= 0.6 is 23.2 Å². The first-order chi connectivity index (χ1) is 15.2. The molecule has 0 bridgehead atoms. The van der Waals surface area contributed by atoms with E-state index < -0.39 is 11.2 Å². The molecular weight excluding hydrogens is 451 g/mol. The molecule has 32 heavy (non-hydrogen) atoms. The second kappa shape index (κ2) is 10.1. The van der Waals surface area contributed by atoms with Crippen molar-refractivity contribution < 1.29 is 4.79 Å². The van der Waals surface area contributed by atoms with Crippen LogP contribution in [-0.2, 0) is 17.8 Å². The maximum absolute atomic E-state index is 13.3. The molecule has 7 nitrogen and oxygen atoms in total. The fourth-order valence-corrected chi connectivity index (χ4v) is 3.84. The number of carbonyl (C=O) groups excluding carboxylic acids is 1. The first kappa shape index (κ1) is 23.6. The van der Waals surface area contributed by atoms with Gasteiger partial charge < -0.3 is 10.6 Å². The highest BCUT2D eigenvalue weighted by atomic mass is 35.5. The molecule has 2 aromatic carbocycles. The molecule has 0 unspecified atom stereocenters. The first-order valence-corrected chi connectivity index (χ1v) is 10.8. The number of nitrogens with one attached hydrogen (secondary N) is 1. The number of benzene rings is 2. The number of hydrogen-bond acceptors (Lipinski definition) is 4. The minimum atomic E-state index is -0.715. The van der Waals surface area contributed by atoms with Crippen molar-refractivity contribution in [2.45, 2.75) is 26.8 Å². The summed E-state index contributed by atoms with van der Waals surface area (Å²) in [5.41, 5.74) is 6.29. The van der Waals surface area contributed by atoms with Crippen LogP contribution < -0.4 is 21.9 Å². The minimum absolute atomic E-state index is 0.0351. The third-order valence-corrected chi connectivity index (χ3v) is 5.46. The highest BCUT2D eigenvalue weighted by Crippen LogP contribution is 2.24. The molecule has 168 valence electrons. The number of aromatic nitrogens is 2. The number of halogens is 2. The molecule has 3 N–H and O–H groups in total. The number of nitrogens with zero attached hydrogens (tertiary/aromatic N) is 2. The highest BCUT2D eigenvalue weighted by Gasteiger charge is 2.25. The van der Waals surface area contributed by atoms with Gasteiger partial charge in [0.15, 0.2) is 5.69 Å². The number of nitrogen functional groups attached to an aromatic ring is 1. The molecule has 0 saturated carbocycles. The Labute approximate surface area is 195 Å². The Kier molecular flexibility index (Phi) is 7.43. The van der Waals surface area contributed by atoms with E-state index in [1.807, 2.05) is 44.2 Å². The fourth-order valence-electron chi connectivity index (χ4n) is 3.37. The van der Waals surface area contributed by atoms with Crippen LogP contribution in [0.25, 0.3) is 0 Å². The molecule has 0 saturated heterocycles. The van der Waals surface area contributed by atoms with Crippen molar-refractivity contribution in [1.82, 2.24) is 9.55 Å². The zero-order chi connectivity index (χ0) is 23.4. The van der Waals surface area contributed by atoms with Crippen LogP contribution in [-0.4, -0.2) is 22.0 Å². The lowest BCUT2D eigenvalue weighted by atomic mass is 10.1. The maximum Gasteiger partial charge on any atom is 0.330 e. The Hall–Kier alpha value is -3.03. The molecule has 1 heterocycles. The quantitative estimate of drug-likeness (QED) is 0.544. The van der Waals surface area contributed by atoms with E-state index in [4.69, 9.17) is 28.9 Å². The van der Waals surface area contributed by atoms with Gasteiger partial charge in [-0.3, -0.25) is 19.1 Å². The summed E-state index contributed by atoms with van der Waals surface area (Å²) in [5.74, 6) is -0.406. The van der Waals surface area contributed by atoms with Gasteiger partial charge in [-0.15, -0.1) is 0 Å². The molecule has 0 fully saturated rings. The summed E-state index contributed by atoms with van der Waals surface area (Å²) in [7, 11) is 0. The number of rotatable bonds is 7. The molecule has 9 heteroatoms. The molecule has 0 radical (unpaired) electrons. The smallest absolute Gasteiger partial charge is 0.330 e. The van der Waals surface area contributed by atoms with Gasteiger partial charge in [-0.2, -0.15) is 0 Å². The lowest BCUT2D eigenvalue weighted by Crippen LogP contribution is -2.43. The van der Waals surface area contributed by atoms with Gasteiger partial charge in [-0.25, -0.2) is 4.79 Å². The van der Waals surface area contributed by atoms with Gasteiger partial charge in [0.05, 0.1) is 13.0 Å². The van der Waals surface area contributed by atoms with Crippen LogP contribution in [0.3, 0.4) is 0 Å². The number of nitrogens with two attached hydrogens (primary N) is 1. The molecule has 0 aliphatic rings. The van der Waals surface area contributed by atoms with Gasteiger partial charge in [0.25, 0.3) is 5.56 Å². The Morgan fingerprint density at radius 3 is 2.44 bits per heavy atom. The van der Waals surface area contributed by atoms with Crippen molar-refractivity contribution >= 4 is 40.6 Å². The number of amides is 1. The first-order valence-electron chi connectivity index (χ1n) is 10.1. The highest BCUT2D eigenvalue weighted by molar-refractivity contribution is 6.35. The van der Waals surface area contributed by atoms with Gasteiger partial charge in [-0.05, 0) is 29.2 Å². The summed E-state index contributed by atoms with van der Waals surface area (Å²) in [5, 5.41) is 0.810. The van der Waals surface area contributed by atoms with Crippen molar-refractivity contribution in [2.75, 3.05) is 17.2 Å². The van der Waals surface area contributed by atoms with Crippen LogP contribution in [0.15, 0.2) is 58.1 Å². The van der Waals surface area contributed by atoms with Crippen LogP contribution in [0.1, 0.15) is 25.0 Å². The number of aromatic amines is 1. The molecule has 3 aromatic rings. The van der Waals surface area contributed by atoms with E-state index in [2.05, 4.69) is 4.98 Å². The zero-order valence-electron chi connectivity index (χ0n) is 17.8. The van der Waals surface area contributed by atoms with E-state index in [1.165, 1.54) is 9.47 Å². The Bertz CT molecular complexity index is 1240. The van der Waals surface area contributed by atoms with Crippen LogP contribution in [0.5, 0.6) is 0 Å². The predicted octanol–water partition coefficient (Wildman–Crippen LogP) is 3.71. The molecule has 1 aromatic heterocycles. The second-order valence-corrected chi connectivity index (χ2v) is 8.72. The zero-order valence-corrected chi connectivity index (χ0v) is 19.3. The van der Waals surface area contributed by atoms with E-state index in [0.717, 1.165) is 5.56 Å². The van der Waals surface area contributed by atoms with E-state index >= 15 is 0 Å². The topological polar surface area (TPSA) is 101 Å². The number of anilines is 2. The van der Waals surface area contributed by atoms with Crippen LogP contribution in [0, 0.1) is 5.92 Å². The third kappa shape index (κ3) is 5.41. The summed E-state index contributed by atoms with van der Waals surface area (Å²) < 4.78 is 1.25. The van der Waals surface area contributed by atoms with Crippen molar-refractivity contribution in [1.29, 1.82) is 0 Å². The number of hydrogen-bond donors (Lipinski definition) is 2. The molecule has 0 aliphatic heterocycles. The van der Waals surface area contributed by atoms with E-state index in [1.54, 1.807) is 18.2 Å². The van der Waals surface area contributed by atoms with Crippen LogP contribution in [0.2, 0.25) is 10.0 Å². The second-order valence-electron chi connectivity index (χ2n) is 7.88. The molecule has 0 aliphatic carbocycles. The summed E-state index contributed by atoms with van der Waals surface area (Å²) in [4.78, 5) is 42.2. The van der Waals surface area contributed by atoms with Gasteiger partial charge >= 0.3 is 5.69 Å². The standard InChI is InChI=1S/C23H24Cl2N4O3/c1-14(2)12-28(19(30)10-16-8-9-17(24)11-18(16)25)20-21(26)29(23(32)27-22(20)31)13-15-6-4-3-5-7-15/h3-9,11,14H,10,12-13,26H2,1-2H3,(H,27,31,32). The summed E-state index contributed by atoms with van der Waals surface area (Å²) in [6, 6.07) is 14.1. The van der Waals surface area contributed by atoms with Crippen molar-refractivity contribution in [2.24, 2.45) is 5.92 Å². The summed E-state index contributed by atoms with van der Waals surface area (Å²) in [6.07, 6.45) is -0.0561. The summed E-state index contributed by atoms with van der Waals surface area (Å²) in [6.45, 7) is 4.22. The lowest BCUT2D eigenvalue weighted by molar-refractivity contribution is -0.118. The van der Waals surface area contributed by atoms with Crippen LogP contribution in [0.4, 0.5) is 11.5 Å². The molecule has 1 amide bonds. The van der Waals surface area contributed by atoms with Gasteiger partial charge in [0.1, 0.15) is 5.82 Å². The van der Waals surface area contributed by atoms with Crippen molar-refractivity contribution in [3.63, 3.8) is 0 Å². The number of H-pyrrole nitrogens is 1. The van der Waals surface area contributed by atoms with Gasteiger partial charge in [0.2, 0.25) is 5.91 Å². The molecule has 0 spiro atoms. The fraction of sp³-hybridized carbons (Fsp3) is 0.261. The van der Waals surface area contributed by atoms with E-state index in [-0.39, 0.29) is 42.8 Å². The monoisotopic (exact) mass is 474 g/mol. The molecule has 0 atom stereocenters. The number of carbonyl (C=O) groups is 1. The molecular formula is C23H24Cl2N4O3. The Balaban J connectivity index is 2.05. The maximum atomic E-state index is 13.3. The van der Waals surface area contributed by atoms with E-state index in [9.17, 15) is 14.4 Å². The largest absolute Gasteiger partial charge is 0.383 e.